The fourth-order valence-corrected chi connectivity index (χ4v) is 2.97. The molecule has 0 amide bonds. The lowest BCUT2D eigenvalue weighted by atomic mass is 10.0. The normalized spacial score (nSPS) is 27.9. The summed E-state index contributed by atoms with van der Waals surface area (Å²) in [6, 6.07) is 1.41. The lowest BCUT2D eigenvalue weighted by Gasteiger charge is -2.41. The minimum absolute atomic E-state index is 0.697. The van der Waals surface area contributed by atoms with Crippen molar-refractivity contribution in [1.82, 2.24) is 9.80 Å². The van der Waals surface area contributed by atoms with Crippen molar-refractivity contribution in [3.63, 3.8) is 0 Å². The predicted octanol–water partition coefficient (Wildman–Crippen LogP) is 2.51. The second kappa shape index (κ2) is 5.83. The third-order valence-electron chi connectivity index (χ3n) is 4.33. The highest BCUT2D eigenvalue weighted by Gasteiger charge is 2.25. The average molecular weight is 222 g/mol. The number of likely N-dealkylation sites (tertiary alicyclic amines) is 1. The number of rotatable bonds is 3. The zero-order chi connectivity index (χ0) is 11.4. The highest BCUT2D eigenvalue weighted by Crippen LogP contribution is 2.18. The van der Waals surface area contributed by atoms with Gasteiger partial charge in [0.05, 0.1) is 0 Å². The molecular weight excluding hydrogens is 196 g/mol. The van der Waals surface area contributed by atoms with Crippen LogP contribution < -0.4 is 0 Å². The van der Waals surface area contributed by atoms with Gasteiger partial charge in [-0.25, -0.2) is 0 Å². The maximum atomic E-state index is 2.69. The van der Waals surface area contributed by atoms with Crippen molar-refractivity contribution in [2.45, 2.75) is 51.6 Å². The van der Waals surface area contributed by atoms with Crippen LogP contribution in [0.25, 0.3) is 0 Å². The van der Waals surface area contributed by atoms with Gasteiger partial charge < -0.3 is 0 Å². The molecule has 0 aromatic rings. The van der Waals surface area contributed by atoms with Crippen LogP contribution in [0.5, 0.6) is 0 Å². The second-order valence-corrected chi connectivity index (χ2v) is 5.33. The Morgan fingerprint density at radius 3 is 2.12 bits per heavy atom. The molecule has 0 aliphatic carbocycles. The first-order valence-corrected chi connectivity index (χ1v) is 6.92. The molecule has 2 unspecified atom stereocenters. The van der Waals surface area contributed by atoms with Crippen LogP contribution in [0.3, 0.4) is 0 Å². The van der Waals surface area contributed by atoms with Crippen LogP contribution in [-0.4, -0.2) is 48.1 Å². The van der Waals surface area contributed by atoms with E-state index in [1.165, 1.54) is 45.3 Å². The third-order valence-corrected chi connectivity index (χ3v) is 4.33. The Kier molecular flexibility index (Phi) is 4.42. The average Bonchev–Trinajstić information content (AvgIpc) is 2.39. The van der Waals surface area contributed by atoms with E-state index in [9.17, 15) is 0 Å². The molecule has 0 radical (unpaired) electrons. The van der Waals surface area contributed by atoms with E-state index >= 15 is 0 Å². The van der Waals surface area contributed by atoms with Gasteiger partial charge in [-0.3, -0.25) is 9.80 Å². The fourth-order valence-electron chi connectivity index (χ4n) is 2.97. The maximum Gasteiger partial charge on any atom is 0.0224 e. The Morgan fingerprint density at radius 2 is 1.50 bits per heavy atom. The summed E-state index contributed by atoms with van der Waals surface area (Å²) in [6.45, 7) is 9.84. The molecular formula is C14H26N2. The summed E-state index contributed by atoms with van der Waals surface area (Å²) in [5, 5.41) is 0. The van der Waals surface area contributed by atoms with Crippen molar-refractivity contribution in [3.05, 3.63) is 12.2 Å². The Balaban J connectivity index is 1.86. The molecule has 1 fully saturated rings. The molecule has 2 aliphatic rings. The fraction of sp³-hybridized carbons (Fsp3) is 0.857. The molecule has 0 aromatic heterocycles. The summed E-state index contributed by atoms with van der Waals surface area (Å²) < 4.78 is 0. The van der Waals surface area contributed by atoms with Crippen molar-refractivity contribution in [1.29, 1.82) is 0 Å². The van der Waals surface area contributed by atoms with Gasteiger partial charge in [0.1, 0.15) is 0 Å². The maximum absolute atomic E-state index is 2.69. The van der Waals surface area contributed by atoms with E-state index < -0.39 is 0 Å². The smallest absolute Gasteiger partial charge is 0.0224 e. The lowest BCUT2D eigenvalue weighted by Crippen LogP contribution is -2.51. The molecule has 2 rings (SSSR count). The van der Waals surface area contributed by atoms with Gasteiger partial charge in [-0.2, -0.15) is 0 Å². The van der Waals surface area contributed by atoms with Crippen LogP contribution in [0.2, 0.25) is 0 Å². The van der Waals surface area contributed by atoms with Crippen molar-refractivity contribution >= 4 is 0 Å². The van der Waals surface area contributed by atoms with Gasteiger partial charge in [0.2, 0.25) is 0 Å². The predicted molar refractivity (Wildman–Crippen MR) is 69.7 cm³/mol. The number of nitrogens with zero attached hydrogens (tertiary/aromatic N) is 2. The summed E-state index contributed by atoms with van der Waals surface area (Å²) in [5.41, 5.74) is 0. The molecule has 92 valence electrons. The number of hydrogen-bond donors (Lipinski definition) is 0. The molecule has 2 heteroatoms. The standard InChI is InChI=1S/C14H26N2/c1-13(15-9-5-3-6-10-15)14(2)16-11-7-4-8-12-16/h3,5,13-14H,4,6-12H2,1-2H3. The monoisotopic (exact) mass is 222 g/mol. The quantitative estimate of drug-likeness (QED) is 0.677. The molecule has 2 aliphatic heterocycles. The molecule has 0 bridgehead atoms. The van der Waals surface area contributed by atoms with Gasteiger partial charge in [0.25, 0.3) is 0 Å². The van der Waals surface area contributed by atoms with Crippen molar-refractivity contribution in [3.8, 4) is 0 Å². The van der Waals surface area contributed by atoms with Crippen LogP contribution in [0, 0.1) is 0 Å². The van der Waals surface area contributed by atoms with Gasteiger partial charge >= 0.3 is 0 Å². The first kappa shape index (κ1) is 12.1. The summed E-state index contributed by atoms with van der Waals surface area (Å²) in [5.74, 6) is 0. The zero-order valence-corrected chi connectivity index (χ0v) is 10.9. The Hall–Kier alpha value is -0.340. The van der Waals surface area contributed by atoms with Crippen LogP contribution in [0.4, 0.5) is 0 Å². The summed E-state index contributed by atoms with van der Waals surface area (Å²) >= 11 is 0. The molecule has 2 nitrogen and oxygen atoms in total. The van der Waals surface area contributed by atoms with E-state index in [1.54, 1.807) is 0 Å². The van der Waals surface area contributed by atoms with Crippen LogP contribution in [0.15, 0.2) is 12.2 Å². The number of hydrogen-bond acceptors (Lipinski definition) is 2. The van der Waals surface area contributed by atoms with E-state index in [4.69, 9.17) is 0 Å². The van der Waals surface area contributed by atoms with Crippen molar-refractivity contribution < 1.29 is 0 Å². The molecule has 1 saturated heterocycles. The van der Waals surface area contributed by atoms with Gasteiger partial charge in [-0.05, 0) is 46.2 Å². The van der Waals surface area contributed by atoms with Gasteiger partial charge in [0, 0.05) is 25.2 Å². The minimum atomic E-state index is 0.697. The zero-order valence-electron chi connectivity index (χ0n) is 10.9. The summed E-state index contributed by atoms with van der Waals surface area (Å²) in [7, 11) is 0. The topological polar surface area (TPSA) is 6.48 Å². The van der Waals surface area contributed by atoms with Gasteiger partial charge in [-0.1, -0.05) is 18.6 Å². The second-order valence-electron chi connectivity index (χ2n) is 5.33. The summed E-state index contributed by atoms with van der Waals surface area (Å²) in [6.07, 6.45) is 10.1. The summed E-state index contributed by atoms with van der Waals surface area (Å²) in [4.78, 5) is 5.31. The molecule has 0 aromatic carbocycles. The molecule has 0 spiro atoms. The van der Waals surface area contributed by atoms with Crippen LogP contribution >= 0.6 is 0 Å². The molecule has 2 heterocycles. The molecule has 0 N–H and O–H groups in total. The highest BCUT2D eigenvalue weighted by atomic mass is 15.2. The highest BCUT2D eigenvalue weighted by molar-refractivity contribution is 4.94. The Labute approximate surface area is 100 Å². The Bertz CT molecular complexity index is 231. The lowest BCUT2D eigenvalue weighted by molar-refractivity contribution is 0.0875. The number of piperidine rings is 1. The van der Waals surface area contributed by atoms with E-state index in [0.717, 1.165) is 6.54 Å². The largest absolute Gasteiger partial charge is 0.299 e. The van der Waals surface area contributed by atoms with Crippen LogP contribution in [0.1, 0.15) is 39.5 Å². The van der Waals surface area contributed by atoms with E-state index in [1.807, 2.05) is 0 Å². The third kappa shape index (κ3) is 2.86. The Morgan fingerprint density at radius 1 is 0.812 bits per heavy atom. The van der Waals surface area contributed by atoms with Crippen molar-refractivity contribution in [2.24, 2.45) is 0 Å². The first-order chi connectivity index (χ1) is 7.79. The van der Waals surface area contributed by atoms with Crippen molar-refractivity contribution in [2.75, 3.05) is 26.2 Å². The molecule has 16 heavy (non-hydrogen) atoms. The molecule has 2 atom stereocenters. The van der Waals surface area contributed by atoms with E-state index in [2.05, 4.69) is 35.8 Å². The first-order valence-electron chi connectivity index (χ1n) is 6.92. The molecule has 0 saturated carbocycles. The van der Waals surface area contributed by atoms with Gasteiger partial charge in [-0.15, -0.1) is 0 Å². The van der Waals surface area contributed by atoms with E-state index in [0.29, 0.717) is 12.1 Å². The SMILES string of the molecule is CC(C(C)N1CCCCC1)N1CC=CCC1. The van der Waals surface area contributed by atoms with Crippen LogP contribution in [-0.2, 0) is 0 Å². The minimum Gasteiger partial charge on any atom is -0.299 e. The van der Waals surface area contributed by atoms with Gasteiger partial charge in [0.15, 0.2) is 0 Å². The van der Waals surface area contributed by atoms with E-state index in [-0.39, 0.29) is 0 Å².